The van der Waals surface area contributed by atoms with Gasteiger partial charge in [0.2, 0.25) is 5.91 Å². The van der Waals surface area contributed by atoms with Crippen LogP contribution < -0.4 is 10.9 Å². The number of carbonyl (C=O) groups is 1. The number of amides is 1. The van der Waals surface area contributed by atoms with Crippen molar-refractivity contribution in [3.63, 3.8) is 0 Å². The van der Waals surface area contributed by atoms with E-state index in [-0.39, 0.29) is 23.8 Å². The lowest BCUT2D eigenvalue weighted by Gasteiger charge is -2.12. The Labute approximate surface area is 166 Å². The number of nitrogens with zero attached hydrogens (tertiary/aromatic N) is 3. The summed E-state index contributed by atoms with van der Waals surface area (Å²) in [5.74, 6) is -0.774. The zero-order chi connectivity index (χ0) is 20.5. The highest BCUT2D eigenvalue weighted by atomic mass is 19.1. The van der Waals surface area contributed by atoms with Crippen molar-refractivity contribution < 1.29 is 9.18 Å². The van der Waals surface area contributed by atoms with Crippen molar-refractivity contribution in [2.75, 3.05) is 5.32 Å². The minimum atomic E-state index is -0.387. The predicted molar refractivity (Wildman–Crippen MR) is 110 cm³/mol. The molecule has 0 aliphatic rings. The van der Waals surface area contributed by atoms with Crippen LogP contribution in [0.1, 0.15) is 11.3 Å². The van der Waals surface area contributed by atoms with E-state index in [2.05, 4.69) is 10.4 Å². The Bertz CT molecular complexity index is 1260. The zero-order valence-electron chi connectivity index (χ0n) is 16.0. The number of carbonyl (C=O) groups excluding carboxylic acids is 1. The average Bonchev–Trinajstić information content (AvgIpc) is 3.05. The number of nitrogens with one attached hydrogen (secondary N) is 1. The second kappa shape index (κ2) is 7.35. The van der Waals surface area contributed by atoms with Crippen molar-refractivity contribution >= 4 is 22.6 Å². The van der Waals surface area contributed by atoms with Gasteiger partial charge in [0.25, 0.3) is 5.56 Å². The molecular weight excluding hydrogens is 371 g/mol. The fourth-order valence-electron chi connectivity index (χ4n) is 3.45. The summed E-state index contributed by atoms with van der Waals surface area (Å²) < 4.78 is 16.2. The van der Waals surface area contributed by atoms with Gasteiger partial charge < -0.3 is 5.32 Å². The van der Waals surface area contributed by atoms with Crippen LogP contribution in [0.15, 0.2) is 65.5 Å². The van der Waals surface area contributed by atoms with E-state index in [9.17, 15) is 14.0 Å². The largest absolute Gasteiger partial charge is 0.325 e. The molecule has 0 atom stereocenters. The Morgan fingerprint density at radius 1 is 1.07 bits per heavy atom. The highest BCUT2D eigenvalue weighted by Crippen LogP contribution is 2.23. The van der Waals surface area contributed by atoms with E-state index in [1.54, 1.807) is 4.68 Å². The second-order valence-corrected chi connectivity index (χ2v) is 6.84. The first-order valence-electron chi connectivity index (χ1n) is 9.14. The molecule has 0 radical (unpaired) electrons. The number of halogens is 1. The summed E-state index contributed by atoms with van der Waals surface area (Å²) in [7, 11) is 0. The lowest BCUT2D eigenvalue weighted by molar-refractivity contribution is -0.116. The van der Waals surface area contributed by atoms with Crippen molar-refractivity contribution in [2.24, 2.45) is 0 Å². The van der Waals surface area contributed by atoms with Crippen LogP contribution in [-0.4, -0.2) is 20.3 Å². The van der Waals surface area contributed by atoms with Crippen molar-refractivity contribution in [1.82, 2.24) is 14.3 Å². The van der Waals surface area contributed by atoms with Crippen LogP contribution in [0.4, 0.5) is 10.1 Å². The Morgan fingerprint density at radius 3 is 2.45 bits per heavy atom. The van der Waals surface area contributed by atoms with Gasteiger partial charge in [0.15, 0.2) is 0 Å². The van der Waals surface area contributed by atoms with Crippen LogP contribution in [0.25, 0.3) is 16.7 Å². The molecule has 2 heterocycles. The van der Waals surface area contributed by atoms with E-state index in [0.717, 1.165) is 22.3 Å². The molecule has 146 valence electrons. The number of aryl methyl sites for hydroxylation is 2. The molecule has 4 rings (SSSR count). The number of rotatable bonds is 4. The van der Waals surface area contributed by atoms with Crippen molar-refractivity contribution in [3.8, 4) is 5.69 Å². The summed E-state index contributed by atoms with van der Waals surface area (Å²) in [4.78, 5) is 25.4. The zero-order valence-corrected chi connectivity index (χ0v) is 16.0. The monoisotopic (exact) mass is 390 g/mol. The van der Waals surface area contributed by atoms with Crippen LogP contribution in [-0.2, 0) is 11.3 Å². The highest BCUT2D eigenvalue weighted by molar-refractivity contribution is 5.92. The highest BCUT2D eigenvalue weighted by Gasteiger charge is 2.18. The molecule has 4 aromatic rings. The Balaban J connectivity index is 1.80. The normalized spacial score (nSPS) is 11.0. The Morgan fingerprint density at radius 2 is 1.76 bits per heavy atom. The molecule has 0 spiro atoms. The third-order valence-electron chi connectivity index (χ3n) is 4.72. The molecule has 0 saturated heterocycles. The third kappa shape index (κ3) is 3.54. The minimum absolute atomic E-state index is 0.190. The molecule has 1 N–H and O–H groups in total. The lowest BCUT2D eigenvalue weighted by Crippen LogP contribution is -2.29. The first-order chi connectivity index (χ1) is 13.9. The molecule has 0 unspecified atom stereocenters. The number of anilines is 1. The van der Waals surface area contributed by atoms with Crippen LogP contribution in [0.2, 0.25) is 0 Å². The fourth-order valence-corrected chi connectivity index (χ4v) is 3.45. The third-order valence-corrected chi connectivity index (χ3v) is 4.72. The molecule has 0 saturated carbocycles. The SMILES string of the molecule is Cc1cc(=O)n(CC(=O)Nc2ccc(F)cc2)c2c1c(C)nn2-c1ccccc1. The number of hydrogen-bond acceptors (Lipinski definition) is 3. The molecule has 2 aromatic heterocycles. The van der Waals surface area contributed by atoms with Gasteiger partial charge in [-0.2, -0.15) is 5.10 Å². The quantitative estimate of drug-likeness (QED) is 0.579. The van der Waals surface area contributed by atoms with Gasteiger partial charge >= 0.3 is 0 Å². The molecule has 6 nitrogen and oxygen atoms in total. The van der Waals surface area contributed by atoms with Gasteiger partial charge in [0.1, 0.15) is 18.0 Å². The van der Waals surface area contributed by atoms with E-state index in [0.29, 0.717) is 11.3 Å². The van der Waals surface area contributed by atoms with E-state index >= 15 is 0 Å². The number of aromatic nitrogens is 3. The van der Waals surface area contributed by atoms with E-state index < -0.39 is 0 Å². The maximum atomic E-state index is 13.1. The maximum absolute atomic E-state index is 13.1. The smallest absolute Gasteiger partial charge is 0.252 e. The first kappa shape index (κ1) is 18.6. The molecule has 0 bridgehead atoms. The first-order valence-corrected chi connectivity index (χ1v) is 9.14. The van der Waals surface area contributed by atoms with Gasteiger partial charge in [0.05, 0.1) is 11.4 Å². The van der Waals surface area contributed by atoms with Gasteiger partial charge in [-0.05, 0) is 55.8 Å². The molecule has 2 aromatic carbocycles. The van der Waals surface area contributed by atoms with Gasteiger partial charge in [-0.15, -0.1) is 0 Å². The Kier molecular flexibility index (Phi) is 4.72. The van der Waals surface area contributed by atoms with Crippen LogP contribution in [0.3, 0.4) is 0 Å². The van der Waals surface area contributed by atoms with Crippen molar-refractivity contribution in [1.29, 1.82) is 0 Å². The molecule has 7 heteroatoms. The van der Waals surface area contributed by atoms with E-state index in [4.69, 9.17) is 0 Å². The van der Waals surface area contributed by atoms with Gasteiger partial charge in [-0.25, -0.2) is 9.07 Å². The molecule has 0 fully saturated rings. The molecule has 29 heavy (non-hydrogen) atoms. The van der Waals surface area contributed by atoms with Crippen molar-refractivity contribution in [2.45, 2.75) is 20.4 Å². The number of fused-ring (bicyclic) bond motifs is 1. The van der Waals surface area contributed by atoms with Gasteiger partial charge in [-0.1, -0.05) is 18.2 Å². The number of pyridine rings is 1. The topological polar surface area (TPSA) is 68.9 Å². The molecule has 1 amide bonds. The molecule has 0 aliphatic heterocycles. The number of hydrogen-bond donors (Lipinski definition) is 1. The van der Waals surface area contributed by atoms with Crippen LogP contribution in [0.5, 0.6) is 0 Å². The number of benzene rings is 2. The number of para-hydroxylation sites is 1. The van der Waals surface area contributed by atoms with Crippen LogP contribution >= 0.6 is 0 Å². The van der Waals surface area contributed by atoms with Gasteiger partial charge in [-0.3, -0.25) is 14.2 Å². The van der Waals surface area contributed by atoms with Gasteiger partial charge in [0, 0.05) is 17.1 Å². The van der Waals surface area contributed by atoms with Crippen LogP contribution in [0, 0.1) is 19.7 Å². The summed E-state index contributed by atoms with van der Waals surface area (Å²) in [6, 6.07) is 16.4. The molecular formula is C22H19FN4O2. The van der Waals surface area contributed by atoms with E-state index in [1.807, 2.05) is 44.2 Å². The predicted octanol–water partition coefficient (Wildman–Crippen LogP) is 3.58. The summed E-state index contributed by atoms with van der Waals surface area (Å²) in [6.45, 7) is 3.55. The lowest BCUT2D eigenvalue weighted by atomic mass is 10.1. The summed E-state index contributed by atoms with van der Waals surface area (Å²) in [5, 5.41) is 8.14. The van der Waals surface area contributed by atoms with E-state index in [1.165, 1.54) is 34.9 Å². The van der Waals surface area contributed by atoms with Crippen molar-refractivity contribution in [3.05, 3.63) is 88.1 Å². The standard InChI is InChI=1S/C22H19FN4O2/c1-14-12-20(29)26(13-19(28)24-17-10-8-16(23)9-11-17)22-21(14)15(2)25-27(22)18-6-4-3-5-7-18/h3-12H,13H2,1-2H3,(H,24,28). The average molecular weight is 390 g/mol. The summed E-state index contributed by atoms with van der Waals surface area (Å²) in [6.07, 6.45) is 0. The fraction of sp³-hybridized carbons (Fsp3) is 0.136. The summed E-state index contributed by atoms with van der Waals surface area (Å²) >= 11 is 0. The maximum Gasteiger partial charge on any atom is 0.252 e. The Hall–Kier alpha value is -3.74. The second-order valence-electron chi connectivity index (χ2n) is 6.84. The summed E-state index contributed by atoms with van der Waals surface area (Å²) in [5.41, 5.74) is 3.10. The molecule has 0 aliphatic carbocycles. The minimum Gasteiger partial charge on any atom is -0.325 e.